The van der Waals surface area contributed by atoms with E-state index < -0.39 is 0 Å². The van der Waals surface area contributed by atoms with Gasteiger partial charge in [-0.25, -0.2) is 4.79 Å². The Morgan fingerprint density at radius 1 is 1.38 bits per heavy atom. The summed E-state index contributed by atoms with van der Waals surface area (Å²) < 4.78 is 10.2. The number of carbonyl (C=O) groups excluding carboxylic acids is 1. The van der Waals surface area contributed by atoms with Crippen LogP contribution in [0.3, 0.4) is 0 Å². The molecule has 112 valence electrons. The van der Waals surface area contributed by atoms with Gasteiger partial charge in [0.1, 0.15) is 0 Å². The standard InChI is InChI=1S/C15H19N3O3/c1-11(8-9-20-2)16-15(19)17-14-10-13(21-18-14)12-6-4-3-5-7-12/h3-7,10-11H,8-9H2,1-2H3,(H2,16,17,18,19)/t11-/m0/s1. The number of rotatable bonds is 6. The summed E-state index contributed by atoms with van der Waals surface area (Å²) in [6.45, 7) is 2.51. The van der Waals surface area contributed by atoms with Crippen molar-refractivity contribution < 1.29 is 14.1 Å². The third-order valence-electron chi connectivity index (χ3n) is 2.94. The number of carbonyl (C=O) groups is 1. The highest BCUT2D eigenvalue weighted by Crippen LogP contribution is 2.21. The van der Waals surface area contributed by atoms with Gasteiger partial charge in [0.25, 0.3) is 0 Å². The van der Waals surface area contributed by atoms with Crippen molar-refractivity contribution in [2.24, 2.45) is 0 Å². The third kappa shape index (κ3) is 4.61. The van der Waals surface area contributed by atoms with Crippen LogP contribution in [0.25, 0.3) is 11.3 Å². The topological polar surface area (TPSA) is 76.4 Å². The molecular weight excluding hydrogens is 270 g/mol. The number of amides is 2. The number of urea groups is 1. The predicted molar refractivity (Wildman–Crippen MR) is 80.0 cm³/mol. The minimum atomic E-state index is -0.313. The van der Waals surface area contributed by atoms with Crippen molar-refractivity contribution in [3.8, 4) is 11.3 Å². The van der Waals surface area contributed by atoms with Gasteiger partial charge in [-0.1, -0.05) is 35.5 Å². The molecule has 0 spiro atoms. The number of hydrogen-bond donors (Lipinski definition) is 2. The maximum atomic E-state index is 11.8. The predicted octanol–water partition coefficient (Wildman–Crippen LogP) is 2.89. The van der Waals surface area contributed by atoms with Crippen LogP contribution in [-0.2, 0) is 4.74 Å². The van der Waals surface area contributed by atoms with Crippen molar-refractivity contribution in [3.63, 3.8) is 0 Å². The van der Waals surface area contributed by atoms with Crippen molar-refractivity contribution in [1.29, 1.82) is 0 Å². The average Bonchev–Trinajstić information content (AvgIpc) is 2.94. The Morgan fingerprint density at radius 3 is 2.86 bits per heavy atom. The zero-order valence-electron chi connectivity index (χ0n) is 12.1. The molecule has 0 radical (unpaired) electrons. The van der Waals surface area contributed by atoms with Gasteiger partial charge in [0.15, 0.2) is 11.6 Å². The Kier molecular flexibility index (Phi) is 5.34. The molecule has 1 heterocycles. The van der Waals surface area contributed by atoms with Crippen LogP contribution in [-0.4, -0.2) is 30.9 Å². The number of nitrogens with zero attached hydrogens (tertiary/aromatic N) is 1. The number of ether oxygens (including phenoxy) is 1. The Bertz CT molecular complexity index is 569. The first kappa shape index (κ1) is 15.1. The van der Waals surface area contributed by atoms with E-state index in [1.807, 2.05) is 37.3 Å². The smallest absolute Gasteiger partial charge is 0.320 e. The number of methoxy groups -OCH3 is 1. The van der Waals surface area contributed by atoms with E-state index in [2.05, 4.69) is 15.8 Å². The lowest BCUT2D eigenvalue weighted by molar-refractivity contribution is 0.185. The zero-order chi connectivity index (χ0) is 15.1. The molecule has 2 rings (SSSR count). The normalized spacial score (nSPS) is 11.9. The highest BCUT2D eigenvalue weighted by Gasteiger charge is 2.11. The number of nitrogens with one attached hydrogen (secondary N) is 2. The molecule has 0 saturated carbocycles. The van der Waals surface area contributed by atoms with Crippen LogP contribution in [0, 0.1) is 0 Å². The Hall–Kier alpha value is -2.34. The molecule has 0 aliphatic carbocycles. The van der Waals surface area contributed by atoms with Crippen molar-refractivity contribution in [2.45, 2.75) is 19.4 Å². The van der Waals surface area contributed by atoms with E-state index in [1.165, 1.54) is 0 Å². The van der Waals surface area contributed by atoms with Crippen molar-refractivity contribution in [3.05, 3.63) is 36.4 Å². The summed E-state index contributed by atoms with van der Waals surface area (Å²) in [4.78, 5) is 11.8. The van der Waals surface area contributed by atoms with E-state index in [4.69, 9.17) is 9.26 Å². The maximum Gasteiger partial charge on any atom is 0.320 e. The summed E-state index contributed by atoms with van der Waals surface area (Å²) >= 11 is 0. The molecule has 6 nitrogen and oxygen atoms in total. The van der Waals surface area contributed by atoms with E-state index in [0.717, 1.165) is 12.0 Å². The lowest BCUT2D eigenvalue weighted by Crippen LogP contribution is -2.36. The van der Waals surface area contributed by atoms with E-state index in [9.17, 15) is 4.79 Å². The van der Waals surface area contributed by atoms with Gasteiger partial charge in [-0.2, -0.15) is 0 Å². The van der Waals surface area contributed by atoms with Crippen LogP contribution in [0.15, 0.2) is 40.9 Å². The Labute approximate surface area is 123 Å². The SMILES string of the molecule is COCC[C@H](C)NC(=O)Nc1cc(-c2ccccc2)on1. The fourth-order valence-electron chi connectivity index (χ4n) is 1.82. The summed E-state index contributed by atoms with van der Waals surface area (Å²) in [6, 6.07) is 11.0. The Morgan fingerprint density at radius 2 is 2.14 bits per heavy atom. The summed E-state index contributed by atoms with van der Waals surface area (Å²) in [6.07, 6.45) is 0.748. The number of aromatic nitrogens is 1. The molecule has 0 bridgehead atoms. The molecule has 1 atom stereocenters. The van der Waals surface area contributed by atoms with E-state index >= 15 is 0 Å². The monoisotopic (exact) mass is 289 g/mol. The second kappa shape index (κ2) is 7.44. The fraction of sp³-hybridized carbons (Fsp3) is 0.333. The molecule has 1 aromatic heterocycles. The van der Waals surface area contributed by atoms with Gasteiger partial charge in [-0.05, 0) is 13.3 Å². The minimum Gasteiger partial charge on any atom is -0.385 e. The van der Waals surface area contributed by atoms with Crippen LogP contribution in [0.2, 0.25) is 0 Å². The highest BCUT2D eigenvalue weighted by atomic mass is 16.5. The third-order valence-corrected chi connectivity index (χ3v) is 2.94. The molecule has 0 aliphatic heterocycles. The van der Waals surface area contributed by atoms with Gasteiger partial charge in [0.2, 0.25) is 0 Å². The fourth-order valence-corrected chi connectivity index (χ4v) is 1.82. The van der Waals surface area contributed by atoms with Gasteiger partial charge >= 0.3 is 6.03 Å². The second-order valence-electron chi connectivity index (χ2n) is 4.72. The first-order chi connectivity index (χ1) is 10.2. The van der Waals surface area contributed by atoms with Gasteiger partial charge in [0, 0.05) is 31.4 Å². The number of anilines is 1. The molecule has 0 unspecified atom stereocenters. The molecule has 0 saturated heterocycles. The summed E-state index contributed by atoms with van der Waals surface area (Å²) in [7, 11) is 1.63. The van der Waals surface area contributed by atoms with Crippen molar-refractivity contribution in [1.82, 2.24) is 10.5 Å². The van der Waals surface area contributed by atoms with E-state index in [1.54, 1.807) is 13.2 Å². The first-order valence-corrected chi connectivity index (χ1v) is 6.77. The van der Waals surface area contributed by atoms with Gasteiger partial charge in [-0.3, -0.25) is 5.32 Å². The lowest BCUT2D eigenvalue weighted by atomic mass is 10.2. The minimum absolute atomic E-state index is 0.0189. The van der Waals surface area contributed by atoms with E-state index in [0.29, 0.717) is 18.2 Å². The molecule has 2 aromatic rings. The van der Waals surface area contributed by atoms with Crippen LogP contribution in [0.5, 0.6) is 0 Å². The summed E-state index contributed by atoms with van der Waals surface area (Å²) in [5, 5.41) is 9.27. The zero-order valence-corrected chi connectivity index (χ0v) is 12.1. The van der Waals surface area contributed by atoms with E-state index in [-0.39, 0.29) is 12.1 Å². The molecule has 2 N–H and O–H groups in total. The molecule has 0 aliphatic rings. The molecule has 2 amide bonds. The van der Waals surface area contributed by atoms with Crippen LogP contribution >= 0.6 is 0 Å². The summed E-state index contributed by atoms with van der Waals surface area (Å²) in [5.41, 5.74) is 0.909. The first-order valence-electron chi connectivity index (χ1n) is 6.77. The largest absolute Gasteiger partial charge is 0.385 e. The summed E-state index contributed by atoms with van der Waals surface area (Å²) in [5.74, 6) is 0.989. The average molecular weight is 289 g/mol. The van der Waals surface area contributed by atoms with Gasteiger partial charge in [0.05, 0.1) is 0 Å². The van der Waals surface area contributed by atoms with Crippen molar-refractivity contribution >= 4 is 11.8 Å². The van der Waals surface area contributed by atoms with Crippen LogP contribution in [0.1, 0.15) is 13.3 Å². The van der Waals surface area contributed by atoms with Crippen molar-refractivity contribution in [2.75, 3.05) is 19.0 Å². The Balaban J connectivity index is 1.89. The molecular formula is C15H19N3O3. The van der Waals surface area contributed by atoms with Gasteiger partial charge < -0.3 is 14.6 Å². The highest BCUT2D eigenvalue weighted by molar-refractivity contribution is 5.88. The molecule has 0 fully saturated rings. The lowest BCUT2D eigenvalue weighted by Gasteiger charge is -2.12. The second-order valence-corrected chi connectivity index (χ2v) is 4.72. The number of benzene rings is 1. The molecule has 1 aromatic carbocycles. The molecule has 6 heteroatoms. The quantitative estimate of drug-likeness (QED) is 0.857. The van der Waals surface area contributed by atoms with Gasteiger partial charge in [-0.15, -0.1) is 0 Å². The van der Waals surface area contributed by atoms with Crippen LogP contribution < -0.4 is 10.6 Å². The number of hydrogen-bond acceptors (Lipinski definition) is 4. The maximum absolute atomic E-state index is 11.8. The molecule has 21 heavy (non-hydrogen) atoms. The van der Waals surface area contributed by atoms with Crippen LogP contribution in [0.4, 0.5) is 10.6 Å².